The summed E-state index contributed by atoms with van der Waals surface area (Å²) in [5, 5.41) is 10.6. The molecule has 7 aromatic rings. The fraction of sp³-hybridized carbons (Fsp3) is 0.250. The van der Waals surface area contributed by atoms with Crippen molar-refractivity contribution in [2.45, 2.75) is 47.7 Å². The molecule has 1 unspecified atom stereocenters. The average molecular weight is 1080 g/mol. The second-order valence-corrected chi connectivity index (χ2v) is 17.7. The zero-order chi connectivity index (χ0) is 53.9. The van der Waals surface area contributed by atoms with Crippen LogP contribution in [-0.4, -0.2) is 149 Å². The summed E-state index contributed by atoms with van der Waals surface area (Å²) in [5.74, 6) is -2.77. The number of hydrogen-bond donors (Lipinski definition) is 4. The van der Waals surface area contributed by atoms with Crippen molar-refractivity contribution in [1.82, 2.24) is 44.6 Å². The van der Waals surface area contributed by atoms with Crippen molar-refractivity contribution in [3.8, 4) is 0 Å². The van der Waals surface area contributed by atoms with Gasteiger partial charge in [0, 0.05) is 93.1 Å². The molecule has 2 aliphatic heterocycles. The first-order valence-corrected chi connectivity index (χ1v) is 25.3. The number of carbonyl (C=O) groups excluding carboxylic acids is 8. The van der Waals surface area contributed by atoms with E-state index < -0.39 is 28.7 Å². The van der Waals surface area contributed by atoms with Crippen LogP contribution in [0.2, 0.25) is 0 Å². The van der Waals surface area contributed by atoms with Gasteiger partial charge in [-0.1, -0.05) is 81.3 Å². The van der Waals surface area contributed by atoms with E-state index in [1.54, 1.807) is 101 Å². The molecule has 4 aromatic carbocycles. The maximum Gasteiger partial charge on any atom is 0.342 e. The molecule has 19 nitrogen and oxygen atoms in total. The van der Waals surface area contributed by atoms with Crippen LogP contribution in [0.5, 0.6) is 0 Å². The number of carbonyl (C=O) groups is 8. The van der Waals surface area contributed by atoms with Gasteiger partial charge in [0.05, 0.1) is 51.2 Å². The lowest BCUT2D eigenvalue weighted by molar-refractivity contribution is -0.137. The smallest absolute Gasteiger partial charge is 0.342 e. The molecule has 3 aromatic heterocycles. The van der Waals surface area contributed by atoms with Gasteiger partial charge in [-0.3, -0.25) is 38.4 Å². The summed E-state index contributed by atoms with van der Waals surface area (Å²) in [6.07, 6.45) is 12.7. The van der Waals surface area contributed by atoms with Crippen LogP contribution in [0.4, 0.5) is 16.2 Å². The molecule has 5 amide bonds. The molecule has 3 atom stereocenters. The van der Waals surface area contributed by atoms with Gasteiger partial charge in [0.15, 0.2) is 0 Å². The second-order valence-electron chi connectivity index (χ2n) is 17.3. The van der Waals surface area contributed by atoms with E-state index in [0.29, 0.717) is 93.6 Å². The summed E-state index contributed by atoms with van der Waals surface area (Å²) in [6.45, 7) is 9.05. The number of para-hydroxylation sites is 3. The van der Waals surface area contributed by atoms with Crippen molar-refractivity contribution in [2.75, 3.05) is 57.0 Å². The molecule has 21 heteroatoms. The number of Topliss-reactive ketones (excluding diaryl/α,β-unsaturated/α-hetero) is 2. The third kappa shape index (κ3) is 13.3. The number of nitrogen functional groups attached to an aromatic ring is 1. The highest BCUT2D eigenvalue weighted by Crippen LogP contribution is 2.28. The molecule has 5 N–H and O–H groups in total. The Balaban J connectivity index is 0.000000224. The molecule has 0 bridgehead atoms. The molecule has 400 valence electrons. The summed E-state index contributed by atoms with van der Waals surface area (Å²) in [4.78, 5) is 112. The molecule has 77 heavy (non-hydrogen) atoms. The van der Waals surface area contributed by atoms with E-state index >= 15 is 0 Å². The van der Waals surface area contributed by atoms with Crippen LogP contribution >= 0.6 is 20.8 Å². The highest BCUT2D eigenvalue weighted by atomic mass is 35.5. The first kappa shape index (κ1) is 59.2. The van der Waals surface area contributed by atoms with E-state index in [0.717, 1.165) is 4.68 Å². The fourth-order valence-electron chi connectivity index (χ4n) is 8.85. The van der Waals surface area contributed by atoms with E-state index in [2.05, 4.69) is 40.9 Å². The summed E-state index contributed by atoms with van der Waals surface area (Å²) >= 11 is 5.25. The van der Waals surface area contributed by atoms with E-state index in [9.17, 15) is 38.4 Å². The predicted molar refractivity (Wildman–Crippen MR) is 304 cm³/mol. The highest BCUT2D eigenvalue weighted by Gasteiger charge is 2.36. The maximum absolute atomic E-state index is 13.1. The predicted octanol–water partition coefficient (Wildman–Crippen LogP) is 7.93. The number of rotatable bonds is 7. The number of nitrogens with one attached hydrogen (secondary N) is 3. The number of aromatic nitrogens is 5. The van der Waals surface area contributed by atoms with Crippen LogP contribution in [0.25, 0.3) is 32.8 Å². The average Bonchev–Trinajstić information content (AvgIpc) is 4.21. The second kappa shape index (κ2) is 26.7. The van der Waals surface area contributed by atoms with Crippen molar-refractivity contribution in [2.24, 2.45) is 0 Å². The minimum atomic E-state index is -0.649. The highest BCUT2D eigenvalue weighted by molar-refractivity contribution is 7.15. The Morgan fingerprint density at radius 3 is 1.81 bits per heavy atom. The van der Waals surface area contributed by atoms with Crippen molar-refractivity contribution >= 4 is 112 Å². The van der Waals surface area contributed by atoms with Crippen LogP contribution < -0.4 is 11.1 Å². The van der Waals surface area contributed by atoms with Gasteiger partial charge in [-0.15, -0.1) is 14.3 Å². The number of ketones is 2. The van der Waals surface area contributed by atoms with Crippen molar-refractivity contribution in [3.05, 3.63) is 156 Å². The monoisotopic (exact) mass is 1080 g/mol. The first-order valence-electron chi connectivity index (χ1n) is 23.7. The van der Waals surface area contributed by atoms with Crippen molar-refractivity contribution in [1.29, 1.82) is 0 Å². The molecule has 0 radical (unpaired) electrons. The number of hydrogen-bond acceptors (Lipinski definition) is 11. The molecule has 1 aliphatic carbocycles. The number of amides is 5. The number of nitrogens with zero attached hydrogens (tertiary/aromatic N) is 7. The van der Waals surface area contributed by atoms with Gasteiger partial charge in [0.1, 0.15) is 23.2 Å². The van der Waals surface area contributed by atoms with Crippen molar-refractivity contribution in [3.63, 3.8) is 0 Å². The fourth-order valence-corrected chi connectivity index (χ4v) is 8.98. The Labute approximate surface area is 453 Å². The van der Waals surface area contributed by atoms with Gasteiger partial charge in [0.2, 0.25) is 5.91 Å². The lowest BCUT2D eigenvalue weighted by Crippen LogP contribution is -2.57. The van der Waals surface area contributed by atoms with Gasteiger partial charge in [0.25, 0.3) is 35.2 Å². The SMILES string of the molecule is C.C.CC(=O)Nc1cccc2c(C(=O)C(=O)N3CCN(C(=O)c4ccccc4)C[C@H]3C)c[nH]c12.CP.C[C@@H]1CN(C(=O)C2=CC=[C+]C=C2)CCN1C(=O)C(=O)c1c[nH]c2c(N)cccc12.O=C(Cl)n1nnc2ccccc21. The van der Waals surface area contributed by atoms with Crippen LogP contribution in [-0.2, 0) is 19.2 Å². The van der Waals surface area contributed by atoms with Crippen LogP contribution in [0.1, 0.15) is 66.7 Å². The maximum atomic E-state index is 13.1. The van der Waals surface area contributed by atoms with E-state index in [-0.39, 0.29) is 56.8 Å². The minimum Gasteiger partial charge on any atom is -0.397 e. The van der Waals surface area contributed by atoms with Crippen LogP contribution in [0.3, 0.4) is 0 Å². The standard InChI is InChI=1S/C24H24N4O4.C22H20N4O3.C7H4ClN3O.CH5P.2CH4/c1-15-14-27(23(31)17-7-4-3-5-8-17)11-12-28(15)24(32)22(30)19-13-25-21-18(19)9-6-10-20(21)26-16(2)29;1-14-13-25(21(28)15-6-3-2-4-7-15)10-11-26(14)22(29)20(27)17-12-24-19-16(17)8-5-9-18(19)23;8-7(12)11-6-4-2-1-3-5(6)9-10-11;1-2;;/h3-10,13,15,25H,11-12,14H2,1-2H3,(H,26,29);3-9,12,14H,10-11,13H2,1H3,(H2-,23,24,27,29);1-4H;2H2,1H3;2*1H4/p+1/t15-;14-;;;;/m11..../s1. The molecular formula is C56H62ClN11O8P+. The summed E-state index contributed by atoms with van der Waals surface area (Å²) in [6, 6.07) is 26.0. The van der Waals surface area contributed by atoms with Gasteiger partial charge in [-0.2, -0.15) is 4.68 Å². The number of anilines is 2. The number of piperazine rings is 2. The quantitative estimate of drug-likeness (QED) is 0.0298. The Morgan fingerprint density at radius 1 is 0.701 bits per heavy atom. The molecule has 2 saturated heterocycles. The summed E-state index contributed by atoms with van der Waals surface area (Å²) in [7, 11) is 2.42. The number of benzene rings is 4. The minimum absolute atomic E-state index is 0. The molecule has 10 rings (SSSR count). The molecule has 0 saturated carbocycles. The number of allylic oxidation sites excluding steroid dienone is 4. The number of aromatic amines is 2. The third-order valence-corrected chi connectivity index (χ3v) is 12.7. The number of fused-ring (bicyclic) bond motifs is 3. The van der Waals surface area contributed by atoms with E-state index in [1.807, 2.05) is 44.8 Å². The summed E-state index contributed by atoms with van der Waals surface area (Å²) in [5.41, 5.74) is 11.3. The largest absolute Gasteiger partial charge is 0.397 e. The molecule has 0 spiro atoms. The van der Waals surface area contributed by atoms with Crippen LogP contribution in [0.15, 0.2) is 133 Å². The summed E-state index contributed by atoms with van der Waals surface area (Å²) < 4.78 is 1.05. The van der Waals surface area contributed by atoms with Crippen LogP contribution in [0, 0.1) is 6.08 Å². The van der Waals surface area contributed by atoms with E-state index in [1.165, 1.54) is 29.1 Å². The number of H-pyrrole nitrogens is 2. The van der Waals surface area contributed by atoms with Gasteiger partial charge in [-0.25, -0.2) is 0 Å². The molecular weight excluding hydrogens is 1020 g/mol. The zero-order valence-electron chi connectivity index (χ0n) is 41.5. The Bertz CT molecular complexity index is 3420. The molecule has 3 aliphatic rings. The Morgan fingerprint density at radius 2 is 1.25 bits per heavy atom. The zero-order valence-corrected chi connectivity index (χ0v) is 43.4. The van der Waals surface area contributed by atoms with Gasteiger partial charge in [-0.05, 0) is 61.8 Å². The van der Waals surface area contributed by atoms with Gasteiger partial charge >= 0.3 is 5.37 Å². The van der Waals surface area contributed by atoms with Crippen molar-refractivity contribution < 1.29 is 38.4 Å². The number of halogens is 1. The molecule has 5 heterocycles. The lowest BCUT2D eigenvalue weighted by Gasteiger charge is -2.39. The first-order chi connectivity index (χ1) is 36.1. The Kier molecular flexibility index (Phi) is 20.6. The normalized spacial score (nSPS) is 15.4. The Hall–Kier alpha value is -8.63. The van der Waals surface area contributed by atoms with E-state index in [4.69, 9.17) is 17.3 Å². The molecule has 2 fully saturated rings. The topological polar surface area (TPSA) is 250 Å². The number of nitrogens with two attached hydrogens (primary N) is 1. The third-order valence-electron chi connectivity index (χ3n) is 12.5. The van der Waals surface area contributed by atoms with Gasteiger partial charge < -0.3 is 40.6 Å². The lowest BCUT2D eigenvalue weighted by atomic mass is 10.1.